The van der Waals surface area contributed by atoms with Gasteiger partial charge >= 0.3 is 0 Å². The molecular weight excluding hydrogens is 376 g/mol. The highest BCUT2D eigenvalue weighted by Crippen LogP contribution is 2.28. The van der Waals surface area contributed by atoms with Gasteiger partial charge in [0.05, 0.1) is 12.0 Å². The van der Waals surface area contributed by atoms with Crippen LogP contribution in [0.2, 0.25) is 0 Å². The Morgan fingerprint density at radius 2 is 2.11 bits per heavy atom. The van der Waals surface area contributed by atoms with Crippen LogP contribution in [-0.2, 0) is 0 Å². The van der Waals surface area contributed by atoms with Crippen molar-refractivity contribution in [2.45, 2.75) is 18.9 Å². The number of carbonyl (C=O) groups is 1. The van der Waals surface area contributed by atoms with Gasteiger partial charge in [0.2, 0.25) is 11.6 Å². The largest absolute Gasteiger partial charge is 0.493 e. The smallest absolute Gasteiger partial charge is 0.268 e. The van der Waals surface area contributed by atoms with E-state index in [2.05, 4.69) is 39.3 Å². The molecule has 3 aromatic rings. The lowest BCUT2D eigenvalue weighted by Gasteiger charge is -2.36. The first-order chi connectivity index (χ1) is 13.6. The van der Waals surface area contributed by atoms with Crippen molar-refractivity contribution >= 4 is 34.7 Å². The van der Waals surface area contributed by atoms with Crippen LogP contribution in [0.1, 0.15) is 22.5 Å². The summed E-state index contributed by atoms with van der Waals surface area (Å²) < 4.78 is 7.20. The number of likely N-dealkylation sites (tertiary alicyclic amines) is 1. The molecule has 1 fully saturated rings. The lowest BCUT2D eigenvalue weighted by molar-refractivity contribution is 0.102. The fraction of sp³-hybridized carbons (Fsp3) is 0.421. The highest BCUT2D eigenvalue weighted by atomic mass is 32.1. The predicted octanol–water partition coefficient (Wildman–Crippen LogP) is 2.58. The normalized spacial score (nSPS) is 15.7. The van der Waals surface area contributed by atoms with E-state index in [0.29, 0.717) is 22.3 Å². The van der Waals surface area contributed by atoms with Crippen molar-refractivity contribution in [1.29, 1.82) is 0 Å². The molecule has 0 atom stereocenters. The Kier molecular flexibility index (Phi) is 5.19. The highest BCUT2D eigenvalue weighted by Gasteiger charge is 2.24. The Balaban J connectivity index is 1.66. The molecule has 0 aromatic carbocycles. The van der Waals surface area contributed by atoms with Crippen LogP contribution < -0.4 is 15.0 Å². The first-order valence-corrected chi connectivity index (χ1v) is 10.1. The molecule has 0 saturated carbocycles. The molecule has 0 radical (unpaired) electrons. The van der Waals surface area contributed by atoms with Crippen LogP contribution in [0, 0.1) is 0 Å². The molecule has 1 aliphatic heterocycles. The first kappa shape index (κ1) is 18.7. The number of rotatable bonds is 5. The number of nitrogens with one attached hydrogen (secondary N) is 1. The van der Waals surface area contributed by atoms with Gasteiger partial charge in [0, 0.05) is 13.1 Å². The number of ether oxygens (including phenoxy) is 1. The average Bonchev–Trinajstić information content (AvgIpc) is 3.37. The number of thiophene rings is 1. The van der Waals surface area contributed by atoms with Gasteiger partial charge < -0.3 is 14.5 Å². The summed E-state index contributed by atoms with van der Waals surface area (Å²) in [6.07, 6.45) is 2.19. The molecule has 28 heavy (non-hydrogen) atoms. The number of piperidine rings is 1. The van der Waals surface area contributed by atoms with E-state index < -0.39 is 0 Å². The minimum Gasteiger partial charge on any atom is -0.493 e. The number of nitrogens with zero attached hydrogens (tertiary/aromatic N) is 5. The molecule has 8 nitrogen and oxygen atoms in total. The van der Waals surface area contributed by atoms with Crippen LogP contribution in [0.25, 0.3) is 5.65 Å². The maximum absolute atomic E-state index is 12.4. The van der Waals surface area contributed by atoms with E-state index in [9.17, 15) is 4.79 Å². The number of hydrogen-bond donors (Lipinski definition) is 1. The molecule has 1 N–H and O–H groups in total. The Morgan fingerprint density at radius 1 is 1.32 bits per heavy atom. The average molecular weight is 401 g/mol. The summed E-state index contributed by atoms with van der Waals surface area (Å²) >= 11 is 1.38. The number of aromatic nitrogens is 3. The van der Waals surface area contributed by atoms with Gasteiger partial charge in [-0.25, -0.2) is 0 Å². The molecule has 4 heterocycles. The van der Waals surface area contributed by atoms with Gasteiger partial charge in [-0.05, 0) is 56.6 Å². The molecule has 148 valence electrons. The zero-order chi connectivity index (χ0) is 19.7. The zero-order valence-corrected chi connectivity index (χ0v) is 17.1. The van der Waals surface area contributed by atoms with E-state index in [1.807, 2.05) is 23.6 Å². The second-order valence-corrected chi connectivity index (χ2v) is 7.96. The molecule has 1 aliphatic rings. The lowest BCUT2D eigenvalue weighted by Crippen LogP contribution is -2.42. The second kappa shape index (κ2) is 7.76. The molecule has 4 rings (SSSR count). The number of carbonyl (C=O) groups excluding carboxylic acids is 1. The van der Waals surface area contributed by atoms with Gasteiger partial charge in [0.15, 0.2) is 5.75 Å². The number of methoxy groups -OCH3 is 1. The van der Waals surface area contributed by atoms with E-state index in [-0.39, 0.29) is 11.9 Å². The van der Waals surface area contributed by atoms with Crippen molar-refractivity contribution in [3.8, 4) is 5.75 Å². The minimum atomic E-state index is -0.213. The van der Waals surface area contributed by atoms with Crippen molar-refractivity contribution in [2.24, 2.45) is 0 Å². The SMILES string of the molecule is COc1ccc(N(C)C2CCN(C)CC2)n2nc(NC(=O)c3cccs3)nc12. The number of pyridine rings is 1. The monoisotopic (exact) mass is 400 g/mol. The van der Waals surface area contributed by atoms with Gasteiger partial charge in [0.1, 0.15) is 5.82 Å². The number of anilines is 2. The summed E-state index contributed by atoms with van der Waals surface area (Å²) in [5, 5.41) is 9.20. The van der Waals surface area contributed by atoms with Gasteiger partial charge in [-0.3, -0.25) is 10.1 Å². The summed E-state index contributed by atoms with van der Waals surface area (Å²) in [5.41, 5.74) is 0.584. The van der Waals surface area contributed by atoms with E-state index in [1.54, 1.807) is 17.7 Å². The number of amides is 1. The summed E-state index contributed by atoms with van der Waals surface area (Å²) in [6.45, 7) is 2.15. The quantitative estimate of drug-likeness (QED) is 0.710. The van der Waals surface area contributed by atoms with E-state index in [1.165, 1.54) is 11.3 Å². The minimum absolute atomic E-state index is 0.213. The van der Waals surface area contributed by atoms with E-state index in [0.717, 1.165) is 31.7 Å². The molecule has 1 saturated heterocycles. The Morgan fingerprint density at radius 3 is 2.79 bits per heavy atom. The zero-order valence-electron chi connectivity index (χ0n) is 16.3. The van der Waals surface area contributed by atoms with Crippen LogP contribution in [-0.4, -0.2) is 65.7 Å². The number of fused-ring (bicyclic) bond motifs is 1. The summed E-state index contributed by atoms with van der Waals surface area (Å²) in [5.74, 6) is 1.59. The molecule has 1 amide bonds. The molecule has 0 aliphatic carbocycles. The second-order valence-electron chi connectivity index (χ2n) is 7.01. The van der Waals surface area contributed by atoms with Crippen molar-refractivity contribution in [3.63, 3.8) is 0 Å². The molecular formula is C19H24N6O2S. The Labute approximate surface area is 167 Å². The van der Waals surface area contributed by atoms with Crippen LogP contribution in [0.4, 0.5) is 11.8 Å². The third-order valence-corrected chi connectivity index (χ3v) is 6.08. The predicted molar refractivity (Wildman–Crippen MR) is 111 cm³/mol. The van der Waals surface area contributed by atoms with Crippen molar-refractivity contribution in [2.75, 3.05) is 44.5 Å². The lowest BCUT2D eigenvalue weighted by atomic mass is 10.0. The van der Waals surface area contributed by atoms with Crippen molar-refractivity contribution < 1.29 is 9.53 Å². The third-order valence-electron chi connectivity index (χ3n) is 5.22. The highest BCUT2D eigenvalue weighted by molar-refractivity contribution is 7.12. The third kappa shape index (κ3) is 3.55. The summed E-state index contributed by atoms with van der Waals surface area (Å²) in [4.78, 5) is 22.1. The van der Waals surface area contributed by atoms with E-state index >= 15 is 0 Å². The van der Waals surface area contributed by atoms with Crippen LogP contribution in [0.15, 0.2) is 29.6 Å². The fourth-order valence-electron chi connectivity index (χ4n) is 3.55. The summed E-state index contributed by atoms with van der Waals surface area (Å²) in [7, 11) is 5.85. The summed E-state index contributed by atoms with van der Waals surface area (Å²) in [6, 6.07) is 7.94. The topological polar surface area (TPSA) is 75.0 Å². The van der Waals surface area contributed by atoms with Gasteiger partial charge in [-0.15, -0.1) is 16.4 Å². The van der Waals surface area contributed by atoms with Crippen LogP contribution >= 0.6 is 11.3 Å². The fourth-order valence-corrected chi connectivity index (χ4v) is 4.17. The first-order valence-electron chi connectivity index (χ1n) is 9.27. The van der Waals surface area contributed by atoms with Crippen molar-refractivity contribution in [3.05, 3.63) is 34.5 Å². The number of hydrogen-bond acceptors (Lipinski definition) is 7. The van der Waals surface area contributed by atoms with Crippen LogP contribution in [0.3, 0.4) is 0 Å². The Bertz CT molecular complexity index is 962. The van der Waals surface area contributed by atoms with Gasteiger partial charge in [0.25, 0.3) is 5.91 Å². The van der Waals surface area contributed by atoms with Gasteiger partial charge in [-0.2, -0.15) is 9.50 Å². The molecule has 0 unspecified atom stereocenters. The molecule has 3 aromatic heterocycles. The molecule has 0 spiro atoms. The Hall–Kier alpha value is -2.65. The van der Waals surface area contributed by atoms with Gasteiger partial charge in [-0.1, -0.05) is 6.07 Å². The molecule has 9 heteroatoms. The van der Waals surface area contributed by atoms with E-state index in [4.69, 9.17) is 4.74 Å². The molecule has 0 bridgehead atoms. The maximum atomic E-state index is 12.4. The standard InChI is InChI=1S/C19H24N6O2S/c1-23-10-8-13(9-11-23)24(2)16-7-6-14(27-3)17-20-19(22-25(16)17)21-18(26)15-5-4-12-28-15/h4-7,12-13H,8-11H2,1-3H3,(H,21,22,26). The maximum Gasteiger partial charge on any atom is 0.268 e. The van der Waals surface area contributed by atoms with Crippen LogP contribution in [0.5, 0.6) is 5.75 Å². The van der Waals surface area contributed by atoms with Crippen molar-refractivity contribution in [1.82, 2.24) is 19.5 Å².